The minimum Gasteiger partial charge on any atom is -0.478 e. The summed E-state index contributed by atoms with van der Waals surface area (Å²) in [6.07, 6.45) is 2.82. The zero-order chi connectivity index (χ0) is 12.3. The van der Waals surface area contributed by atoms with Crippen LogP contribution in [0.25, 0.3) is 0 Å². The van der Waals surface area contributed by atoms with Gasteiger partial charge in [0, 0.05) is 6.07 Å². The number of hydrogen-bond donors (Lipinski definition) is 3. The lowest BCUT2D eigenvalue weighted by Crippen LogP contribution is -2.06. The van der Waals surface area contributed by atoms with Gasteiger partial charge in [-0.25, -0.2) is 9.78 Å². The summed E-state index contributed by atoms with van der Waals surface area (Å²) in [4.78, 5) is 14.8. The molecule has 0 aliphatic carbocycles. The Morgan fingerprint density at radius 2 is 2.41 bits per heavy atom. The van der Waals surface area contributed by atoms with Crippen molar-refractivity contribution in [2.75, 3.05) is 11.1 Å². The third kappa shape index (κ3) is 2.51. The number of nitrogens with one attached hydrogen (secondary N) is 1. The van der Waals surface area contributed by atoms with Crippen LogP contribution in [0, 0.1) is 0 Å². The van der Waals surface area contributed by atoms with E-state index in [4.69, 9.17) is 15.4 Å². The molecule has 17 heavy (non-hydrogen) atoms. The van der Waals surface area contributed by atoms with Gasteiger partial charge >= 0.3 is 5.97 Å². The van der Waals surface area contributed by atoms with E-state index in [2.05, 4.69) is 15.5 Å². The second kappa shape index (κ2) is 4.52. The second-order valence-corrected chi connectivity index (χ2v) is 3.29. The van der Waals surface area contributed by atoms with Crippen LogP contribution < -0.4 is 11.1 Å². The quantitative estimate of drug-likeness (QED) is 0.721. The van der Waals surface area contributed by atoms with Crippen molar-refractivity contribution in [3.63, 3.8) is 0 Å². The maximum absolute atomic E-state index is 10.8. The summed E-state index contributed by atoms with van der Waals surface area (Å²) >= 11 is 0. The first kappa shape index (κ1) is 10.9. The molecular weight excluding hydrogens is 224 g/mol. The minimum absolute atomic E-state index is 0.0140. The van der Waals surface area contributed by atoms with E-state index in [0.29, 0.717) is 18.1 Å². The van der Waals surface area contributed by atoms with Crippen molar-refractivity contribution in [1.29, 1.82) is 0 Å². The summed E-state index contributed by atoms with van der Waals surface area (Å²) in [6.45, 7) is 0.371. The van der Waals surface area contributed by atoms with Crippen LogP contribution in [-0.2, 0) is 6.54 Å². The number of nitrogens with zero attached hydrogens (tertiary/aromatic N) is 2. The van der Waals surface area contributed by atoms with Gasteiger partial charge in [0.25, 0.3) is 0 Å². The van der Waals surface area contributed by atoms with Gasteiger partial charge in [-0.2, -0.15) is 0 Å². The van der Waals surface area contributed by atoms with Gasteiger partial charge < -0.3 is 20.7 Å². The van der Waals surface area contributed by atoms with Crippen molar-refractivity contribution in [2.24, 2.45) is 0 Å². The Labute approximate surface area is 96.2 Å². The zero-order valence-electron chi connectivity index (χ0n) is 8.75. The lowest BCUT2D eigenvalue weighted by Gasteiger charge is -2.05. The molecule has 2 aromatic rings. The molecule has 7 nitrogen and oxygen atoms in total. The fraction of sp³-hybridized carbons (Fsp3) is 0.100. The molecule has 7 heteroatoms. The van der Waals surface area contributed by atoms with Crippen molar-refractivity contribution < 1.29 is 14.4 Å². The summed E-state index contributed by atoms with van der Waals surface area (Å²) in [6, 6.07) is 3.07. The number of pyridine rings is 1. The molecule has 0 aromatic carbocycles. The van der Waals surface area contributed by atoms with Crippen LogP contribution in [0.15, 0.2) is 29.0 Å². The van der Waals surface area contributed by atoms with Gasteiger partial charge in [-0.05, 0) is 6.07 Å². The van der Waals surface area contributed by atoms with E-state index in [-0.39, 0.29) is 11.3 Å². The van der Waals surface area contributed by atoms with E-state index in [0.717, 1.165) is 0 Å². The van der Waals surface area contributed by atoms with Crippen molar-refractivity contribution in [2.45, 2.75) is 6.54 Å². The Bertz CT molecular complexity index is 524. The Balaban J connectivity index is 2.11. The smallest absolute Gasteiger partial charge is 0.337 e. The average Bonchev–Trinajstić information content (AvgIpc) is 2.80. The maximum Gasteiger partial charge on any atom is 0.337 e. The lowest BCUT2D eigenvalue weighted by atomic mass is 10.2. The maximum atomic E-state index is 10.8. The molecular formula is C10H10N4O3. The highest BCUT2D eigenvalue weighted by Gasteiger charge is 2.09. The number of carbonyl (C=O) groups is 1. The number of anilines is 2. The second-order valence-electron chi connectivity index (χ2n) is 3.29. The Kier molecular flexibility index (Phi) is 2.91. The van der Waals surface area contributed by atoms with Gasteiger partial charge in [-0.1, -0.05) is 5.16 Å². The van der Waals surface area contributed by atoms with Gasteiger partial charge in [0.1, 0.15) is 5.82 Å². The summed E-state index contributed by atoms with van der Waals surface area (Å²) < 4.78 is 4.88. The van der Waals surface area contributed by atoms with E-state index >= 15 is 0 Å². The van der Waals surface area contributed by atoms with E-state index in [1.807, 2.05) is 0 Å². The van der Waals surface area contributed by atoms with E-state index in [9.17, 15) is 4.79 Å². The highest BCUT2D eigenvalue weighted by molar-refractivity contribution is 5.94. The number of nitrogen functional groups attached to an aromatic ring is 1. The first-order chi connectivity index (χ1) is 8.16. The topological polar surface area (TPSA) is 114 Å². The molecule has 0 aliphatic heterocycles. The SMILES string of the molecule is Nc1cnc(NCc2ccno2)cc1C(=O)O. The van der Waals surface area contributed by atoms with Crippen LogP contribution >= 0.6 is 0 Å². The molecule has 2 rings (SSSR count). The molecule has 2 aromatic heterocycles. The predicted molar refractivity (Wildman–Crippen MR) is 59.4 cm³/mol. The predicted octanol–water partition coefficient (Wildman–Crippen LogP) is 0.962. The molecule has 0 aliphatic rings. The van der Waals surface area contributed by atoms with Crippen LogP contribution in [0.3, 0.4) is 0 Å². The largest absolute Gasteiger partial charge is 0.478 e. The van der Waals surface area contributed by atoms with Gasteiger partial charge in [0.2, 0.25) is 0 Å². The van der Waals surface area contributed by atoms with Crippen LogP contribution in [0.1, 0.15) is 16.1 Å². The summed E-state index contributed by atoms with van der Waals surface area (Å²) in [5.74, 6) is -0.0545. The fourth-order valence-corrected chi connectivity index (χ4v) is 1.26. The summed E-state index contributed by atoms with van der Waals surface area (Å²) in [5.41, 5.74) is 5.62. The van der Waals surface area contributed by atoms with Crippen molar-refractivity contribution in [3.8, 4) is 0 Å². The first-order valence-electron chi connectivity index (χ1n) is 4.79. The van der Waals surface area contributed by atoms with Gasteiger partial charge in [0.05, 0.1) is 30.2 Å². The van der Waals surface area contributed by atoms with Crippen LogP contribution in [0.2, 0.25) is 0 Å². The number of hydrogen-bond acceptors (Lipinski definition) is 6. The monoisotopic (exact) mass is 234 g/mol. The molecule has 0 spiro atoms. The molecule has 0 radical (unpaired) electrons. The number of nitrogens with two attached hydrogens (primary N) is 1. The van der Waals surface area contributed by atoms with Gasteiger partial charge in [0.15, 0.2) is 5.76 Å². The minimum atomic E-state index is -1.09. The van der Waals surface area contributed by atoms with E-state index in [1.54, 1.807) is 6.07 Å². The van der Waals surface area contributed by atoms with Crippen LogP contribution in [0.4, 0.5) is 11.5 Å². The number of aromatic nitrogens is 2. The molecule has 0 amide bonds. The lowest BCUT2D eigenvalue weighted by molar-refractivity contribution is 0.0698. The zero-order valence-corrected chi connectivity index (χ0v) is 8.75. The van der Waals surface area contributed by atoms with E-state index in [1.165, 1.54) is 18.5 Å². The third-order valence-corrected chi connectivity index (χ3v) is 2.10. The van der Waals surface area contributed by atoms with E-state index < -0.39 is 5.97 Å². The van der Waals surface area contributed by atoms with Crippen LogP contribution in [-0.4, -0.2) is 21.2 Å². The molecule has 0 saturated heterocycles. The molecule has 0 atom stereocenters. The van der Waals surface area contributed by atoms with Gasteiger partial charge in [-0.15, -0.1) is 0 Å². The first-order valence-corrected chi connectivity index (χ1v) is 4.79. The highest BCUT2D eigenvalue weighted by Crippen LogP contribution is 2.15. The third-order valence-electron chi connectivity index (χ3n) is 2.10. The molecule has 4 N–H and O–H groups in total. The standard InChI is InChI=1S/C10H10N4O3/c11-8-5-13-9(3-7(8)10(15)16)12-4-6-1-2-14-17-6/h1-3,5H,4,11H2,(H,12,13)(H,15,16). The van der Waals surface area contributed by atoms with Crippen LogP contribution in [0.5, 0.6) is 0 Å². The highest BCUT2D eigenvalue weighted by atomic mass is 16.5. The number of carboxylic acids is 1. The summed E-state index contributed by atoms with van der Waals surface area (Å²) in [7, 11) is 0. The van der Waals surface area contributed by atoms with Crippen molar-refractivity contribution in [1.82, 2.24) is 10.1 Å². The Morgan fingerprint density at radius 1 is 1.59 bits per heavy atom. The number of aromatic carboxylic acids is 1. The number of carboxylic acid groups (broad SMARTS) is 1. The molecule has 0 fully saturated rings. The van der Waals surface area contributed by atoms with Crippen molar-refractivity contribution in [3.05, 3.63) is 35.9 Å². The van der Waals surface area contributed by atoms with Crippen molar-refractivity contribution >= 4 is 17.5 Å². The Hall–Kier alpha value is -2.57. The molecule has 0 saturated carbocycles. The molecule has 2 heterocycles. The average molecular weight is 234 g/mol. The Morgan fingerprint density at radius 3 is 3.06 bits per heavy atom. The summed E-state index contributed by atoms with van der Waals surface area (Å²) in [5, 5.41) is 15.3. The van der Waals surface area contributed by atoms with Gasteiger partial charge in [-0.3, -0.25) is 0 Å². The normalized spacial score (nSPS) is 10.1. The molecule has 0 bridgehead atoms. The molecule has 0 unspecified atom stereocenters. The fourth-order valence-electron chi connectivity index (χ4n) is 1.26. The number of rotatable bonds is 4. The molecule has 88 valence electrons.